The monoisotopic (exact) mass is 213 g/mol. The molecule has 0 unspecified atom stereocenters. The quantitative estimate of drug-likeness (QED) is 0.505. The van der Waals surface area contributed by atoms with E-state index in [0.717, 1.165) is 0 Å². The predicted octanol–water partition coefficient (Wildman–Crippen LogP) is -1.15. The molecule has 0 radical (unpaired) electrons. The lowest BCUT2D eigenvalue weighted by molar-refractivity contribution is -0.141. The fourth-order valence-electron chi connectivity index (χ4n) is 0.123. The molecule has 7 heteroatoms. The van der Waals surface area contributed by atoms with Gasteiger partial charge in [0.05, 0.1) is 6.73 Å². The Kier molecular flexibility index (Phi) is 30.8. The van der Waals surface area contributed by atoms with Gasteiger partial charge in [0.15, 0.2) is 0 Å². The van der Waals surface area contributed by atoms with Crippen molar-refractivity contribution in [3.8, 4) is 0 Å². The van der Waals surface area contributed by atoms with Crippen LogP contribution in [0.1, 0.15) is 0 Å². The highest BCUT2D eigenvalue weighted by Crippen LogP contribution is 1.61. The van der Waals surface area contributed by atoms with Crippen LogP contribution in [-0.2, 0) is 19.0 Å². The summed E-state index contributed by atoms with van der Waals surface area (Å²) in [6.45, 7) is -0.0694. The van der Waals surface area contributed by atoms with Crippen LogP contribution in [0.5, 0.6) is 0 Å². The summed E-state index contributed by atoms with van der Waals surface area (Å²) in [5, 5.41) is 15.4. The highest BCUT2D eigenvalue weighted by Gasteiger charge is 1.87. The van der Waals surface area contributed by atoms with E-state index in [1.807, 2.05) is 0 Å². The van der Waals surface area contributed by atoms with Crippen molar-refractivity contribution in [3.05, 3.63) is 0 Å². The van der Waals surface area contributed by atoms with Gasteiger partial charge in [-0.2, -0.15) is 0 Å². The summed E-state index contributed by atoms with van der Waals surface area (Å²) >= 11 is 0. The van der Waals surface area contributed by atoms with E-state index in [2.05, 4.69) is 14.2 Å². The van der Waals surface area contributed by atoms with Crippen molar-refractivity contribution in [1.29, 1.82) is 0 Å². The Hall–Kier alpha value is -0.730. The largest absolute Gasteiger partial charge is 0.480 e. The van der Waals surface area contributed by atoms with E-state index in [1.54, 1.807) is 7.11 Å². The normalized spacial score (nSPS) is 7.79. The molecular formula is C7H19NO6. The number of hydrogen-bond acceptors (Lipinski definition) is 6. The van der Waals surface area contributed by atoms with E-state index in [1.165, 1.54) is 14.2 Å². The first kappa shape index (κ1) is 18.9. The molecular weight excluding hydrogens is 194 g/mol. The van der Waals surface area contributed by atoms with E-state index in [9.17, 15) is 4.79 Å². The van der Waals surface area contributed by atoms with Crippen LogP contribution in [0.15, 0.2) is 0 Å². The minimum atomic E-state index is -0.933. The van der Waals surface area contributed by atoms with Gasteiger partial charge in [-0.05, 0) is 0 Å². The lowest BCUT2D eigenvalue weighted by atomic mass is 10.8. The fraction of sp³-hybridized carbons (Fsp3) is 0.857. The average Bonchev–Trinajstić information content (AvgIpc) is 2.18. The van der Waals surface area contributed by atoms with Gasteiger partial charge in [0.2, 0.25) is 0 Å². The lowest BCUT2D eigenvalue weighted by Gasteiger charge is -1.83. The van der Waals surface area contributed by atoms with Crippen molar-refractivity contribution in [1.82, 2.24) is 0 Å². The van der Waals surface area contributed by atoms with Gasteiger partial charge in [0.25, 0.3) is 0 Å². The smallest absolute Gasteiger partial charge is 0.329 e. The van der Waals surface area contributed by atoms with Gasteiger partial charge < -0.3 is 30.2 Å². The van der Waals surface area contributed by atoms with E-state index >= 15 is 0 Å². The third-order valence-electron chi connectivity index (χ3n) is 0.564. The van der Waals surface area contributed by atoms with Gasteiger partial charge >= 0.3 is 5.97 Å². The number of ether oxygens (including phenoxy) is 3. The first-order valence-electron chi connectivity index (χ1n) is 3.60. The maximum Gasteiger partial charge on any atom is 0.329 e. The summed E-state index contributed by atoms with van der Waals surface area (Å²) in [6.07, 6.45) is 0. The summed E-state index contributed by atoms with van der Waals surface area (Å²) in [7, 11) is 4.33. The molecule has 88 valence electrons. The standard InChI is InChI=1S/C3H6O3.C2H7NO.C2H6O2/c1-6-2-3(4)5;2*1-4-2-3/h2H2,1H3,(H,4,5);2-3H2,1H3;3H,2H2,1H3. The first-order chi connectivity index (χ1) is 6.60. The van der Waals surface area contributed by atoms with E-state index < -0.39 is 5.97 Å². The van der Waals surface area contributed by atoms with Gasteiger partial charge in [-0.25, -0.2) is 4.79 Å². The van der Waals surface area contributed by atoms with E-state index in [-0.39, 0.29) is 13.4 Å². The molecule has 0 aromatic heterocycles. The molecule has 0 heterocycles. The van der Waals surface area contributed by atoms with Crippen LogP contribution in [0.3, 0.4) is 0 Å². The SMILES string of the molecule is COCC(=O)O.COCN.COCO. The van der Waals surface area contributed by atoms with E-state index in [0.29, 0.717) is 6.73 Å². The van der Waals surface area contributed by atoms with Crippen molar-refractivity contribution < 1.29 is 29.2 Å². The molecule has 0 atom stereocenters. The van der Waals surface area contributed by atoms with Crippen LogP contribution in [-0.4, -0.2) is 57.6 Å². The van der Waals surface area contributed by atoms with E-state index in [4.69, 9.17) is 15.9 Å². The zero-order valence-electron chi connectivity index (χ0n) is 8.73. The molecule has 0 aliphatic rings. The number of aliphatic carboxylic acids is 1. The lowest BCUT2D eigenvalue weighted by Crippen LogP contribution is -2.02. The Morgan fingerprint density at radius 3 is 1.57 bits per heavy atom. The summed E-state index contributed by atoms with van der Waals surface area (Å²) < 4.78 is 12.6. The molecule has 0 fully saturated rings. The molecule has 14 heavy (non-hydrogen) atoms. The summed E-state index contributed by atoms with van der Waals surface area (Å²) in [5.74, 6) is -0.933. The van der Waals surface area contributed by atoms with Gasteiger partial charge in [-0.15, -0.1) is 0 Å². The molecule has 4 N–H and O–H groups in total. The predicted molar refractivity (Wildman–Crippen MR) is 49.7 cm³/mol. The van der Waals surface area contributed by atoms with Gasteiger partial charge in [0, 0.05) is 21.3 Å². The van der Waals surface area contributed by atoms with Crippen LogP contribution in [0.4, 0.5) is 0 Å². The molecule has 0 aromatic carbocycles. The van der Waals surface area contributed by atoms with Crippen LogP contribution < -0.4 is 5.73 Å². The maximum atomic E-state index is 9.47. The Morgan fingerprint density at radius 1 is 1.21 bits per heavy atom. The molecule has 0 aliphatic heterocycles. The first-order valence-corrected chi connectivity index (χ1v) is 3.60. The Bertz CT molecular complexity index is 92.2. The molecule has 0 saturated carbocycles. The van der Waals surface area contributed by atoms with Crippen LogP contribution >= 0.6 is 0 Å². The molecule has 0 aromatic rings. The van der Waals surface area contributed by atoms with Crippen molar-refractivity contribution in [2.24, 2.45) is 5.73 Å². The minimum Gasteiger partial charge on any atom is -0.480 e. The number of aliphatic hydroxyl groups is 1. The summed E-state index contributed by atoms with van der Waals surface area (Å²) in [5.41, 5.74) is 4.81. The number of carboxylic acids is 1. The number of methoxy groups -OCH3 is 3. The second-order valence-electron chi connectivity index (χ2n) is 1.70. The molecule has 0 saturated heterocycles. The minimum absolute atomic E-state index is 0.181. The highest BCUT2D eigenvalue weighted by atomic mass is 16.6. The fourth-order valence-corrected chi connectivity index (χ4v) is 0.123. The number of aliphatic hydroxyl groups excluding tert-OH is 1. The molecule has 0 bridgehead atoms. The molecule has 0 aliphatic carbocycles. The van der Waals surface area contributed by atoms with Crippen molar-refractivity contribution in [2.75, 3.05) is 41.5 Å². The second-order valence-corrected chi connectivity index (χ2v) is 1.70. The molecule has 0 amide bonds. The molecule has 0 spiro atoms. The number of nitrogens with two attached hydrogens (primary N) is 1. The molecule has 0 rings (SSSR count). The zero-order chi connectivity index (χ0) is 11.8. The second kappa shape index (κ2) is 22.8. The highest BCUT2D eigenvalue weighted by molar-refractivity contribution is 5.67. The zero-order valence-corrected chi connectivity index (χ0v) is 8.73. The average molecular weight is 213 g/mol. The van der Waals surface area contributed by atoms with Crippen LogP contribution in [0.2, 0.25) is 0 Å². The summed E-state index contributed by atoms with van der Waals surface area (Å²) in [4.78, 5) is 9.47. The van der Waals surface area contributed by atoms with Gasteiger partial charge in [0.1, 0.15) is 13.4 Å². The third-order valence-corrected chi connectivity index (χ3v) is 0.564. The number of rotatable bonds is 4. The number of carbonyl (C=O) groups is 1. The Morgan fingerprint density at radius 2 is 1.57 bits per heavy atom. The third kappa shape index (κ3) is 65.2. The van der Waals surface area contributed by atoms with Gasteiger partial charge in [-0.1, -0.05) is 0 Å². The molecule has 7 nitrogen and oxygen atoms in total. The summed E-state index contributed by atoms with van der Waals surface area (Å²) in [6, 6.07) is 0. The number of carboxylic acid groups (broad SMARTS) is 1. The topological polar surface area (TPSA) is 111 Å². The van der Waals surface area contributed by atoms with Crippen molar-refractivity contribution in [2.45, 2.75) is 0 Å². The van der Waals surface area contributed by atoms with Crippen molar-refractivity contribution in [3.63, 3.8) is 0 Å². The Balaban J connectivity index is -0.000000135. The Labute approximate surface area is 83.4 Å². The maximum absolute atomic E-state index is 9.47. The van der Waals surface area contributed by atoms with Crippen LogP contribution in [0.25, 0.3) is 0 Å². The van der Waals surface area contributed by atoms with Crippen LogP contribution in [0, 0.1) is 0 Å². The van der Waals surface area contributed by atoms with Crippen molar-refractivity contribution >= 4 is 5.97 Å². The van der Waals surface area contributed by atoms with Gasteiger partial charge in [-0.3, -0.25) is 0 Å². The number of hydrogen-bond donors (Lipinski definition) is 3.